The minimum absolute atomic E-state index is 0. The largest absolute Gasteiger partial charge is 0.457 e. The molecule has 1 fully saturated rings. The zero-order chi connectivity index (χ0) is 10.5. The molecule has 1 N–H and O–H groups in total. The number of hydrogen-bond acceptors (Lipinski definition) is 4. The standard InChI is InChI=1S/C11H14N2O2.ClH/c14-11(9-3-6-12-7-4-9)15-10-2-1-5-13-8-10;/h3-4,6-7,10,13H,1-2,5,8H2;1H. The fourth-order valence-electron chi connectivity index (χ4n) is 1.63. The number of pyridine rings is 1. The van der Waals surface area contributed by atoms with E-state index in [0.717, 1.165) is 25.9 Å². The Morgan fingerprint density at radius 1 is 1.44 bits per heavy atom. The van der Waals surface area contributed by atoms with Crippen molar-refractivity contribution in [3.05, 3.63) is 30.1 Å². The number of rotatable bonds is 2. The van der Waals surface area contributed by atoms with Gasteiger partial charge in [0.25, 0.3) is 0 Å². The Kier molecular flexibility index (Phi) is 5.22. The molecule has 2 rings (SSSR count). The van der Waals surface area contributed by atoms with Crippen molar-refractivity contribution in [1.29, 1.82) is 0 Å². The second kappa shape index (κ2) is 6.45. The van der Waals surface area contributed by atoms with Crippen molar-refractivity contribution in [3.63, 3.8) is 0 Å². The van der Waals surface area contributed by atoms with Crippen LogP contribution in [-0.2, 0) is 4.74 Å². The van der Waals surface area contributed by atoms with E-state index in [1.54, 1.807) is 24.5 Å². The van der Waals surface area contributed by atoms with E-state index < -0.39 is 0 Å². The molecule has 0 amide bonds. The van der Waals surface area contributed by atoms with Gasteiger partial charge >= 0.3 is 5.97 Å². The Morgan fingerprint density at radius 2 is 2.19 bits per heavy atom. The lowest BCUT2D eigenvalue weighted by atomic mass is 10.1. The zero-order valence-electron chi connectivity index (χ0n) is 8.89. The van der Waals surface area contributed by atoms with Crippen molar-refractivity contribution in [3.8, 4) is 0 Å². The molecule has 5 heteroatoms. The Hall–Kier alpha value is -1.13. The summed E-state index contributed by atoms with van der Waals surface area (Å²) in [6.45, 7) is 1.78. The summed E-state index contributed by atoms with van der Waals surface area (Å²) in [5.74, 6) is -0.258. The SMILES string of the molecule is Cl.O=C(OC1CCCNC1)c1ccncc1. The van der Waals surface area contributed by atoms with Gasteiger partial charge in [-0.2, -0.15) is 0 Å². The summed E-state index contributed by atoms with van der Waals surface area (Å²) in [5, 5.41) is 3.20. The first-order valence-electron chi connectivity index (χ1n) is 5.18. The van der Waals surface area contributed by atoms with Gasteiger partial charge in [-0.05, 0) is 31.5 Å². The van der Waals surface area contributed by atoms with Crippen molar-refractivity contribution in [2.45, 2.75) is 18.9 Å². The van der Waals surface area contributed by atoms with E-state index in [4.69, 9.17) is 4.74 Å². The highest BCUT2D eigenvalue weighted by Crippen LogP contribution is 2.09. The number of hydrogen-bond donors (Lipinski definition) is 1. The van der Waals surface area contributed by atoms with Crippen LogP contribution in [0.3, 0.4) is 0 Å². The Balaban J connectivity index is 0.00000128. The fourth-order valence-corrected chi connectivity index (χ4v) is 1.63. The minimum atomic E-state index is -0.258. The van der Waals surface area contributed by atoms with Crippen LogP contribution in [0.1, 0.15) is 23.2 Å². The Bertz CT molecular complexity index is 326. The lowest BCUT2D eigenvalue weighted by molar-refractivity contribution is 0.0245. The van der Waals surface area contributed by atoms with Crippen LogP contribution >= 0.6 is 12.4 Å². The summed E-state index contributed by atoms with van der Waals surface area (Å²) >= 11 is 0. The molecule has 1 unspecified atom stereocenters. The molecule has 2 heterocycles. The summed E-state index contributed by atoms with van der Waals surface area (Å²) in [7, 11) is 0. The van der Waals surface area contributed by atoms with Crippen LogP contribution in [0, 0.1) is 0 Å². The molecular weight excluding hydrogens is 228 g/mol. The number of aromatic nitrogens is 1. The molecule has 1 aliphatic rings. The molecule has 0 spiro atoms. The number of halogens is 1. The number of carbonyl (C=O) groups is 1. The zero-order valence-corrected chi connectivity index (χ0v) is 9.70. The highest BCUT2D eigenvalue weighted by atomic mass is 35.5. The fraction of sp³-hybridized carbons (Fsp3) is 0.455. The molecule has 1 atom stereocenters. The summed E-state index contributed by atoms with van der Waals surface area (Å²) in [6.07, 6.45) is 5.21. The van der Waals surface area contributed by atoms with Crippen LogP contribution in [0.4, 0.5) is 0 Å². The summed E-state index contributed by atoms with van der Waals surface area (Å²) < 4.78 is 5.35. The summed E-state index contributed by atoms with van der Waals surface area (Å²) in [6, 6.07) is 3.33. The molecule has 4 nitrogen and oxygen atoms in total. The number of piperidine rings is 1. The van der Waals surface area contributed by atoms with E-state index in [2.05, 4.69) is 10.3 Å². The van der Waals surface area contributed by atoms with E-state index in [1.807, 2.05) is 0 Å². The molecule has 88 valence electrons. The van der Waals surface area contributed by atoms with Gasteiger partial charge in [-0.3, -0.25) is 4.98 Å². The monoisotopic (exact) mass is 242 g/mol. The average Bonchev–Trinajstić information content (AvgIpc) is 2.31. The number of carbonyl (C=O) groups excluding carboxylic acids is 1. The molecule has 1 saturated heterocycles. The van der Waals surface area contributed by atoms with Gasteiger partial charge in [-0.1, -0.05) is 0 Å². The van der Waals surface area contributed by atoms with E-state index in [-0.39, 0.29) is 24.5 Å². The highest BCUT2D eigenvalue weighted by Gasteiger charge is 2.17. The van der Waals surface area contributed by atoms with Crippen molar-refractivity contribution >= 4 is 18.4 Å². The molecule has 1 aliphatic heterocycles. The van der Waals surface area contributed by atoms with Gasteiger partial charge in [-0.25, -0.2) is 4.79 Å². The molecule has 1 aromatic heterocycles. The highest BCUT2D eigenvalue weighted by molar-refractivity contribution is 5.89. The first-order valence-corrected chi connectivity index (χ1v) is 5.18. The van der Waals surface area contributed by atoms with E-state index in [0.29, 0.717) is 5.56 Å². The van der Waals surface area contributed by atoms with Crippen LogP contribution in [0.2, 0.25) is 0 Å². The second-order valence-electron chi connectivity index (χ2n) is 3.61. The normalized spacial score (nSPS) is 19.6. The summed E-state index contributed by atoms with van der Waals surface area (Å²) in [4.78, 5) is 15.5. The summed E-state index contributed by atoms with van der Waals surface area (Å²) in [5.41, 5.74) is 0.565. The Labute approximate surface area is 101 Å². The Morgan fingerprint density at radius 3 is 2.81 bits per heavy atom. The van der Waals surface area contributed by atoms with Crippen molar-refractivity contribution in [1.82, 2.24) is 10.3 Å². The van der Waals surface area contributed by atoms with Crippen LogP contribution < -0.4 is 5.32 Å². The molecule has 0 aliphatic carbocycles. The quantitative estimate of drug-likeness (QED) is 0.797. The first-order chi connectivity index (χ1) is 7.36. The smallest absolute Gasteiger partial charge is 0.338 e. The minimum Gasteiger partial charge on any atom is -0.457 e. The molecule has 0 radical (unpaired) electrons. The molecule has 1 aromatic rings. The number of nitrogens with one attached hydrogen (secondary N) is 1. The molecule has 0 saturated carbocycles. The number of esters is 1. The lowest BCUT2D eigenvalue weighted by Gasteiger charge is -2.22. The maximum Gasteiger partial charge on any atom is 0.338 e. The first kappa shape index (κ1) is 12.9. The van der Waals surface area contributed by atoms with Gasteiger partial charge in [0, 0.05) is 18.9 Å². The molecule has 0 bridgehead atoms. The van der Waals surface area contributed by atoms with Gasteiger partial charge in [0.05, 0.1) is 5.56 Å². The predicted molar refractivity (Wildman–Crippen MR) is 62.8 cm³/mol. The third kappa shape index (κ3) is 3.47. The van der Waals surface area contributed by atoms with E-state index >= 15 is 0 Å². The third-order valence-corrected chi connectivity index (χ3v) is 2.44. The van der Waals surface area contributed by atoms with Crippen molar-refractivity contribution in [2.24, 2.45) is 0 Å². The van der Waals surface area contributed by atoms with Crippen molar-refractivity contribution in [2.75, 3.05) is 13.1 Å². The maximum absolute atomic E-state index is 11.6. The average molecular weight is 243 g/mol. The van der Waals surface area contributed by atoms with Gasteiger partial charge in [0.15, 0.2) is 0 Å². The molecule has 16 heavy (non-hydrogen) atoms. The van der Waals surface area contributed by atoms with Crippen LogP contribution in [0.25, 0.3) is 0 Å². The van der Waals surface area contributed by atoms with E-state index in [9.17, 15) is 4.79 Å². The second-order valence-corrected chi connectivity index (χ2v) is 3.61. The van der Waals surface area contributed by atoms with Gasteiger partial charge in [0.1, 0.15) is 6.10 Å². The van der Waals surface area contributed by atoms with Gasteiger partial charge in [-0.15, -0.1) is 12.4 Å². The topological polar surface area (TPSA) is 51.2 Å². The lowest BCUT2D eigenvalue weighted by Crippen LogP contribution is -2.36. The van der Waals surface area contributed by atoms with Crippen LogP contribution in [0.5, 0.6) is 0 Å². The van der Waals surface area contributed by atoms with E-state index in [1.165, 1.54) is 0 Å². The molecular formula is C11H15ClN2O2. The van der Waals surface area contributed by atoms with Crippen LogP contribution in [0.15, 0.2) is 24.5 Å². The number of nitrogens with zero attached hydrogens (tertiary/aromatic N) is 1. The maximum atomic E-state index is 11.6. The third-order valence-electron chi connectivity index (χ3n) is 2.44. The van der Waals surface area contributed by atoms with Gasteiger partial charge in [0.2, 0.25) is 0 Å². The number of ether oxygens (including phenoxy) is 1. The van der Waals surface area contributed by atoms with Gasteiger partial charge < -0.3 is 10.1 Å². The predicted octanol–water partition coefficient (Wildman–Crippen LogP) is 1.41. The van der Waals surface area contributed by atoms with Crippen LogP contribution in [-0.4, -0.2) is 30.1 Å². The molecule has 0 aromatic carbocycles. The van der Waals surface area contributed by atoms with Crippen molar-refractivity contribution < 1.29 is 9.53 Å².